The monoisotopic (exact) mass is 149 g/mol. The highest BCUT2D eigenvalue weighted by Crippen LogP contribution is 2.09. The fraction of sp³-hybridized carbons (Fsp3) is 1.00. The van der Waals surface area contributed by atoms with Gasteiger partial charge in [-0.15, -0.1) is 0 Å². The normalized spacial score (nSPS) is 16.8. The van der Waals surface area contributed by atoms with Crippen LogP contribution in [0.3, 0.4) is 0 Å². The van der Waals surface area contributed by atoms with Crippen molar-refractivity contribution < 1.29 is 15.4 Å². The summed E-state index contributed by atoms with van der Waals surface area (Å²) in [6, 6.07) is 0. The molecule has 0 aliphatic carbocycles. The average Bonchev–Trinajstić information content (AvgIpc) is 1.89. The van der Waals surface area contributed by atoms with Crippen LogP contribution in [0.4, 0.5) is 0 Å². The molecule has 1 atom stereocenters. The number of nitrogens with one attached hydrogen (secondary N) is 1. The molecule has 0 saturated heterocycles. The molecule has 0 amide bonds. The number of aliphatic hydroxyl groups is 2. The van der Waals surface area contributed by atoms with E-state index in [0.29, 0.717) is 6.42 Å². The van der Waals surface area contributed by atoms with Crippen molar-refractivity contribution >= 4 is 0 Å². The summed E-state index contributed by atoms with van der Waals surface area (Å²) in [6.45, 7) is 1.59. The van der Waals surface area contributed by atoms with E-state index in [4.69, 9.17) is 10.3 Å². The largest absolute Gasteiger partial charge is 0.393 e. The first-order chi connectivity index (χ1) is 4.68. The van der Waals surface area contributed by atoms with Crippen LogP contribution >= 0.6 is 0 Å². The molecule has 0 aliphatic heterocycles. The van der Waals surface area contributed by atoms with Gasteiger partial charge >= 0.3 is 0 Å². The number of hydroxylamine groups is 1. The molecule has 0 aromatic carbocycles. The van der Waals surface area contributed by atoms with Crippen molar-refractivity contribution in [3.05, 3.63) is 0 Å². The summed E-state index contributed by atoms with van der Waals surface area (Å²) in [4.78, 5) is 0. The third-order valence-corrected chi connectivity index (χ3v) is 1.42. The van der Waals surface area contributed by atoms with E-state index in [1.807, 2.05) is 12.4 Å². The van der Waals surface area contributed by atoms with Crippen LogP contribution < -0.4 is 5.48 Å². The van der Waals surface area contributed by atoms with Crippen LogP contribution in [0.5, 0.6) is 0 Å². The lowest BCUT2D eigenvalue weighted by Gasteiger charge is -2.23. The van der Waals surface area contributed by atoms with Gasteiger partial charge in [-0.2, -0.15) is 0 Å². The molecule has 0 radical (unpaired) electrons. The second-order valence-electron chi connectivity index (χ2n) is 2.47. The topological polar surface area (TPSA) is 72.7 Å². The molecule has 0 aliphatic rings. The first-order valence-electron chi connectivity index (χ1n) is 3.38. The van der Waals surface area contributed by atoms with Crippen molar-refractivity contribution in [2.24, 2.45) is 0 Å². The first kappa shape index (κ1) is 9.84. The maximum Gasteiger partial charge on any atom is 0.102 e. The Balaban J connectivity index is 3.69. The lowest BCUT2D eigenvalue weighted by molar-refractivity contribution is -0.0438. The molecule has 62 valence electrons. The maximum atomic E-state index is 9.35. The van der Waals surface area contributed by atoms with Crippen LogP contribution in [0, 0.1) is 0 Å². The molecule has 1 unspecified atom stereocenters. The summed E-state index contributed by atoms with van der Waals surface area (Å²) in [7, 11) is 0. The summed E-state index contributed by atoms with van der Waals surface area (Å²) >= 11 is 0. The molecular weight excluding hydrogens is 134 g/mol. The van der Waals surface area contributed by atoms with Gasteiger partial charge in [-0.05, 0) is 6.42 Å². The van der Waals surface area contributed by atoms with Gasteiger partial charge in [0.1, 0.15) is 5.60 Å². The molecule has 0 rings (SSSR count). The van der Waals surface area contributed by atoms with Crippen molar-refractivity contribution in [2.45, 2.75) is 25.4 Å². The van der Waals surface area contributed by atoms with Crippen molar-refractivity contribution in [3.63, 3.8) is 0 Å². The van der Waals surface area contributed by atoms with E-state index in [9.17, 15) is 5.11 Å². The average molecular weight is 149 g/mol. The highest BCUT2D eigenvalue weighted by Gasteiger charge is 2.23. The molecule has 0 heterocycles. The Morgan fingerprint density at radius 2 is 2.10 bits per heavy atom. The maximum absolute atomic E-state index is 9.35. The smallest absolute Gasteiger partial charge is 0.102 e. The van der Waals surface area contributed by atoms with E-state index in [1.54, 1.807) is 0 Å². The third kappa shape index (κ3) is 3.12. The zero-order valence-corrected chi connectivity index (χ0v) is 6.17. The van der Waals surface area contributed by atoms with Crippen molar-refractivity contribution in [1.82, 2.24) is 5.48 Å². The lowest BCUT2D eigenvalue weighted by atomic mass is 10.00. The minimum atomic E-state index is -1.16. The SMILES string of the molecule is CCCC(O)(CO)CNO. The second kappa shape index (κ2) is 4.62. The molecule has 0 bridgehead atoms. The second-order valence-corrected chi connectivity index (χ2v) is 2.47. The predicted octanol–water partition coefficient (Wildman–Crippen LogP) is -0.511. The van der Waals surface area contributed by atoms with Crippen molar-refractivity contribution in [1.29, 1.82) is 0 Å². The zero-order chi connectivity index (χ0) is 8.04. The number of aliphatic hydroxyl groups excluding tert-OH is 1. The van der Waals surface area contributed by atoms with E-state index in [1.165, 1.54) is 0 Å². The van der Waals surface area contributed by atoms with Gasteiger partial charge in [-0.1, -0.05) is 13.3 Å². The standard InChI is InChI=1S/C6H15NO3/c1-2-3-6(9,5-8)4-7-10/h7-10H,2-5H2,1H3. The molecule has 0 aromatic rings. The Labute approximate surface area is 60.5 Å². The van der Waals surface area contributed by atoms with E-state index in [-0.39, 0.29) is 13.2 Å². The Bertz CT molecular complexity index is 81.1. The molecule has 4 N–H and O–H groups in total. The highest BCUT2D eigenvalue weighted by molar-refractivity contribution is 4.77. The Morgan fingerprint density at radius 3 is 2.40 bits per heavy atom. The fourth-order valence-corrected chi connectivity index (χ4v) is 0.836. The molecule has 0 saturated carbocycles. The van der Waals surface area contributed by atoms with Gasteiger partial charge in [0.15, 0.2) is 0 Å². The van der Waals surface area contributed by atoms with Gasteiger partial charge in [0.2, 0.25) is 0 Å². The summed E-state index contributed by atoms with van der Waals surface area (Å²) in [5, 5.41) is 26.2. The molecule has 0 spiro atoms. The predicted molar refractivity (Wildman–Crippen MR) is 36.7 cm³/mol. The minimum Gasteiger partial charge on any atom is -0.393 e. The van der Waals surface area contributed by atoms with Crippen LogP contribution in [0.1, 0.15) is 19.8 Å². The van der Waals surface area contributed by atoms with Gasteiger partial charge in [0.05, 0.1) is 13.2 Å². The van der Waals surface area contributed by atoms with Gasteiger partial charge in [-0.25, -0.2) is 5.48 Å². The van der Waals surface area contributed by atoms with Crippen LogP contribution in [0.25, 0.3) is 0 Å². The Morgan fingerprint density at radius 1 is 1.50 bits per heavy atom. The number of rotatable bonds is 5. The van der Waals surface area contributed by atoms with E-state index in [2.05, 4.69) is 0 Å². The molecular formula is C6H15NO3. The molecule has 10 heavy (non-hydrogen) atoms. The van der Waals surface area contributed by atoms with E-state index >= 15 is 0 Å². The van der Waals surface area contributed by atoms with Crippen LogP contribution in [-0.2, 0) is 0 Å². The fourth-order valence-electron chi connectivity index (χ4n) is 0.836. The van der Waals surface area contributed by atoms with Gasteiger partial charge < -0.3 is 15.4 Å². The van der Waals surface area contributed by atoms with E-state index in [0.717, 1.165) is 6.42 Å². The van der Waals surface area contributed by atoms with Crippen molar-refractivity contribution in [3.8, 4) is 0 Å². The third-order valence-electron chi connectivity index (χ3n) is 1.42. The van der Waals surface area contributed by atoms with Gasteiger partial charge in [-0.3, -0.25) is 0 Å². The Hall–Kier alpha value is -0.160. The Kier molecular flexibility index (Phi) is 4.55. The molecule has 0 aromatic heterocycles. The molecule has 4 heteroatoms. The lowest BCUT2D eigenvalue weighted by Crippen LogP contribution is -2.42. The van der Waals surface area contributed by atoms with Crippen LogP contribution in [0.2, 0.25) is 0 Å². The first-order valence-corrected chi connectivity index (χ1v) is 3.38. The summed E-state index contributed by atoms with van der Waals surface area (Å²) in [6.07, 6.45) is 1.26. The van der Waals surface area contributed by atoms with Crippen molar-refractivity contribution in [2.75, 3.05) is 13.2 Å². The van der Waals surface area contributed by atoms with Gasteiger partial charge in [0, 0.05) is 0 Å². The van der Waals surface area contributed by atoms with Crippen LogP contribution in [0.15, 0.2) is 0 Å². The van der Waals surface area contributed by atoms with Crippen LogP contribution in [-0.4, -0.2) is 34.2 Å². The quantitative estimate of drug-likeness (QED) is 0.397. The minimum absolute atomic E-state index is 0.0112. The summed E-state index contributed by atoms with van der Waals surface area (Å²) < 4.78 is 0. The summed E-state index contributed by atoms with van der Waals surface area (Å²) in [5.74, 6) is 0. The molecule has 4 nitrogen and oxygen atoms in total. The molecule has 0 fully saturated rings. The number of hydrogen-bond donors (Lipinski definition) is 4. The summed E-state index contributed by atoms with van der Waals surface area (Å²) in [5.41, 5.74) is 0.671. The van der Waals surface area contributed by atoms with E-state index < -0.39 is 5.60 Å². The zero-order valence-electron chi connectivity index (χ0n) is 6.17. The van der Waals surface area contributed by atoms with Gasteiger partial charge in [0.25, 0.3) is 0 Å². The highest BCUT2D eigenvalue weighted by atomic mass is 16.5. The number of hydrogen-bond acceptors (Lipinski definition) is 4.